The van der Waals surface area contributed by atoms with Crippen molar-refractivity contribution in [3.05, 3.63) is 106 Å². The highest BCUT2D eigenvalue weighted by Crippen LogP contribution is 2.24. The summed E-state index contributed by atoms with van der Waals surface area (Å²) in [6.45, 7) is 0. The van der Waals surface area contributed by atoms with E-state index >= 15 is 0 Å². The van der Waals surface area contributed by atoms with E-state index in [1.54, 1.807) is 18.2 Å². The Labute approximate surface area is 190 Å². The minimum absolute atomic E-state index is 0.142. The third-order valence-electron chi connectivity index (χ3n) is 4.29. The molecule has 0 aliphatic heterocycles. The lowest BCUT2D eigenvalue weighted by Gasteiger charge is -2.12. The average Bonchev–Trinajstić information content (AvgIpc) is 2.80. The molecule has 8 nitrogen and oxygen atoms in total. The molecular formula is C23H16F3N3O5. The molecule has 3 aromatic rings. The highest BCUT2D eigenvalue weighted by atomic mass is 19.4. The molecule has 0 aromatic heterocycles. The Morgan fingerprint density at radius 1 is 0.912 bits per heavy atom. The molecule has 0 saturated heterocycles. The minimum Gasteiger partial charge on any atom is -0.406 e. The van der Waals surface area contributed by atoms with Crippen molar-refractivity contribution in [3.8, 4) is 5.75 Å². The Balaban J connectivity index is 1.84. The van der Waals surface area contributed by atoms with E-state index in [0.717, 1.165) is 12.1 Å². The number of nitrogens with zero attached hydrogens (tertiary/aromatic N) is 1. The van der Waals surface area contributed by atoms with Gasteiger partial charge in [-0.3, -0.25) is 19.7 Å². The molecule has 0 radical (unpaired) electrons. The van der Waals surface area contributed by atoms with Crippen LogP contribution in [0.1, 0.15) is 15.9 Å². The van der Waals surface area contributed by atoms with E-state index in [1.165, 1.54) is 54.6 Å². The number of hydrogen-bond donors (Lipinski definition) is 2. The minimum atomic E-state index is -4.85. The molecule has 0 aliphatic rings. The van der Waals surface area contributed by atoms with E-state index in [9.17, 15) is 32.9 Å². The van der Waals surface area contributed by atoms with Crippen LogP contribution in [0.15, 0.2) is 84.6 Å². The van der Waals surface area contributed by atoms with Gasteiger partial charge in [-0.15, -0.1) is 13.2 Å². The Bertz CT molecular complexity index is 1210. The number of benzene rings is 3. The number of ether oxygens (including phenoxy) is 1. The third-order valence-corrected chi connectivity index (χ3v) is 4.29. The van der Waals surface area contributed by atoms with E-state index in [-0.39, 0.29) is 22.6 Å². The molecule has 3 aromatic carbocycles. The summed E-state index contributed by atoms with van der Waals surface area (Å²) in [6.07, 6.45) is -3.55. The molecule has 3 rings (SSSR count). The van der Waals surface area contributed by atoms with Crippen LogP contribution in [0, 0.1) is 10.1 Å². The van der Waals surface area contributed by atoms with Gasteiger partial charge in [0.25, 0.3) is 17.5 Å². The Hall–Kier alpha value is -4.67. The van der Waals surface area contributed by atoms with Crippen LogP contribution in [-0.2, 0) is 4.79 Å². The second kappa shape index (κ2) is 10.3. The van der Waals surface area contributed by atoms with Crippen LogP contribution in [0.25, 0.3) is 6.08 Å². The first-order chi connectivity index (χ1) is 16.1. The van der Waals surface area contributed by atoms with Crippen LogP contribution >= 0.6 is 0 Å². The fraction of sp³-hybridized carbons (Fsp3) is 0.0435. The maximum atomic E-state index is 12.9. The summed E-state index contributed by atoms with van der Waals surface area (Å²) in [4.78, 5) is 35.7. The second-order valence-electron chi connectivity index (χ2n) is 6.75. The summed E-state index contributed by atoms with van der Waals surface area (Å²) in [5.74, 6) is -1.82. The van der Waals surface area contributed by atoms with Crippen molar-refractivity contribution in [2.24, 2.45) is 0 Å². The Kier molecular flexibility index (Phi) is 7.26. The number of nitro benzene ring substituents is 1. The van der Waals surface area contributed by atoms with Crippen molar-refractivity contribution in [1.82, 2.24) is 5.32 Å². The van der Waals surface area contributed by atoms with Crippen LogP contribution in [0.5, 0.6) is 5.75 Å². The number of hydrogen-bond acceptors (Lipinski definition) is 5. The topological polar surface area (TPSA) is 111 Å². The van der Waals surface area contributed by atoms with Gasteiger partial charge in [-0.1, -0.05) is 18.2 Å². The largest absolute Gasteiger partial charge is 0.573 e. The highest BCUT2D eigenvalue weighted by Gasteiger charge is 2.31. The van der Waals surface area contributed by atoms with Gasteiger partial charge in [0.1, 0.15) is 11.4 Å². The lowest BCUT2D eigenvalue weighted by Crippen LogP contribution is -2.30. The SMILES string of the molecule is O=C(Nc1ccc(OC(F)(F)F)cc1)C(=Cc1ccc([N+](=O)[O-])cc1)NC(=O)c1ccccc1. The van der Waals surface area contributed by atoms with Crippen LogP contribution in [0.2, 0.25) is 0 Å². The maximum Gasteiger partial charge on any atom is 0.573 e. The molecule has 0 saturated carbocycles. The summed E-state index contributed by atoms with van der Waals surface area (Å²) < 4.78 is 40.7. The Morgan fingerprint density at radius 3 is 2.09 bits per heavy atom. The molecule has 2 amide bonds. The van der Waals surface area contributed by atoms with Crippen LogP contribution in [0.3, 0.4) is 0 Å². The molecule has 11 heteroatoms. The molecule has 0 aliphatic carbocycles. The van der Waals surface area contributed by atoms with E-state index < -0.39 is 28.8 Å². The molecule has 2 N–H and O–H groups in total. The molecule has 0 spiro atoms. The number of carbonyl (C=O) groups excluding carboxylic acids is 2. The van der Waals surface area contributed by atoms with Gasteiger partial charge < -0.3 is 15.4 Å². The first-order valence-corrected chi connectivity index (χ1v) is 9.60. The van der Waals surface area contributed by atoms with Crippen molar-refractivity contribution in [2.75, 3.05) is 5.32 Å². The fourth-order valence-corrected chi connectivity index (χ4v) is 2.74. The van der Waals surface area contributed by atoms with Crippen molar-refractivity contribution in [3.63, 3.8) is 0 Å². The number of halogens is 3. The van der Waals surface area contributed by atoms with Gasteiger partial charge in [0.05, 0.1) is 4.92 Å². The van der Waals surface area contributed by atoms with Crippen LogP contribution in [0.4, 0.5) is 24.5 Å². The zero-order valence-electron chi connectivity index (χ0n) is 17.2. The summed E-state index contributed by atoms with van der Waals surface area (Å²) in [6, 6.07) is 17.7. The lowest BCUT2D eigenvalue weighted by atomic mass is 10.1. The number of carbonyl (C=O) groups is 2. The number of anilines is 1. The van der Waals surface area contributed by atoms with Crippen molar-refractivity contribution in [2.45, 2.75) is 6.36 Å². The zero-order valence-corrected chi connectivity index (χ0v) is 17.2. The first kappa shape index (κ1) is 24.0. The quantitative estimate of drug-likeness (QED) is 0.289. The number of amides is 2. The van der Waals surface area contributed by atoms with E-state index in [4.69, 9.17) is 0 Å². The monoisotopic (exact) mass is 471 g/mol. The normalized spacial score (nSPS) is 11.4. The second-order valence-corrected chi connectivity index (χ2v) is 6.75. The van der Waals surface area contributed by atoms with E-state index in [1.807, 2.05) is 0 Å². The molecular weight excluding hydrogens is 455 g/mol. The summed E-state index contributed by atoms with van der Waals surface area (Å²) in [5.41, 5.74) is 0.454. The predicted molar refractivity (Wildman–Crippen MR) is 117 cm³/mol. The summed E-state index contributed by atoms with van der Waals surface area (Å²) in [7, 11) is 0. The smallest absolute Gasteiger partial charge is 0.406 e. The van der Waals surface area contributed by atoms with Gasteiger partial charge in [-0.05, 0) is 60.2 Å². The molecule has 0 heterocycles. The number of nitro groups is 1. The molecule has 174 valence electrons. The van der Waals surface area contributed by atoms with E-state index in [0.29, 0.717) is 5.56 Å². The van der Waals surface area contributed by atoms with Gasteiger partial charge >= 0.3 is 6.36 Å². The van der Waals surface area contributed by atoms with Gasteiger partial charge in [-0.2, -0.15) is 0 Å². The number of alkyl halides is 3. The van der Waals surface area contributed by atoms with Gasteiger partial charge in [0.2, 0.25) is 0 Å². The van der Waals surface area contributed by atoms with Crippen molar-refractivity contribution in [1.29, 1.82) is 0 Å². The Morgan fingerprint density at radius 2 is 1.53 bits per heavy atom. The fourth-order valence-electron chi connectivity index (χ4n) is 2.74. The van der Waals surface area contributed by atoms with E-state index in [2.05, 4.69) is 15.4 Å². The van der Waals surface area contributed by atoms with Gasteiger partial charge in [-0.25, -0.2) is 0 Å². The molecule has 0 unspecified atom stereocenters. The van der Waals surface area contributed by atoms with Crippen molar-refractivity contribution >= 4 is 29.3 Å². The summed E-state index contributed by atoms with van der Waals surface area (Å²) >= 11 is 0. The van der Waals surface area contributed by atoms with Gasteiger partial charge in [0.15, 0.2) is 0 Å². The van der Waals surface area contributed by atoms with Gasteiger partial charge in [0, 0.05) is 23.4 Å². The molecule has 0 bridgehead atoms. The number of non-ortho nitro benzene ring substituents is 1. The predicted octanol–water partition coefficient (Wildman–Crippen LogP) is 4.90. The highest BCUT2D eigenvalue weighted by molar-refractivity contribution is 6.10. The lowest BCUT2D eigenvalue weighted by molar-refractivity contribution is -0.384. The summed E-state index contributed by atoms with van der Waals surface area (Å²) in [5, 5.41) is 15.8. The van der Waals surface area contributed by atoms with Crippen molar-refractivity contribution < 1.29 is 32.4 Å². The zero-order chi connectivity index (χ0) is 24.7. The number of rotatable bonds is 7. The van der Waals surface area contributed by atoms with Crippen LogP contribution in [-0.4, -0.2) is 23.1 Å². The standard InChI is InChI=1S/C23H16F3N3O5/c24-23(25,26)34-19-12-8-17(9-13-19)27-22(31)20(28-21(30)16-4-2-1-3-5-16)14-15-6-10-18(11-7-15)29(32)33/h1-14H,(H,27,31)(H,28,30). The van der Waals surface area contributed by atoms with Crippen LogP contribution < -0.4 is 15.4 Å². The molecule has 0 fully saturated rings. The average molecular weight is 471 g/mol. The maximum absolute atomic E-state index is 12.9. The molecule has 0 atom stereocenters. The number of nitrogens with one attached hydrogen (secondary N) is 2. The third kappa shape index (κ3) is 6.92. The first-order valence-electron chi connectivity index (χ1n) is 9.60. The molecule has 34 heavy (non-hydrogen) atoms.